The number of carbonyl (C=O) groups excluding carboxylic acids is 2. The van der Waals surface area contributed by atoms with Crippen LogP contribution in [0.2, 0.25) is 5.02 Å². The molecule has 25 heavy (non-hydrogen) atoms. The second kappa shape index (κ2) is 7.44. The number of ether oxygens (including phenoxy) is 2. The summed E-state index contributed by atoms with van der Waals surface area (Å²) in [5.41, 5.74) is 1.41. The number of nitrogens with zero attached hydrogens (tertiary/aromatic N) is 1. The number of rotatable bonds is 5. The van der Waals surface area contributed by atoms with E-state index in [1.54, 1.807) is 25.3 Å². The van der Waals surface area contributed by atoms with E-state index in [9.17, 15) is 9.59 Å². The van der Waals surface area contributed by atoms with Gasteiger partial charge in [0, 0.05) is 11.6 Å². The quantitative estimate of drug-likeness (QED) is 0.889. The highest BCUT2D eigenvalue weighted by atomic mass is 35.5. The first-order valence-corrected chi connectivity index (χ1v) is 8.07. The largest absolute Gasteiger partial charge is 0.497 e. The van der Waals surface area contributed by atoms with Crippen LogP contribution >= 0.6 is 11.6 Å². The SMILES string of the molecule is COc1cccc(CNC(=O)CN2C(=O)COc3ccc(Cl)cc32)c1. The molecule has 0 aromatic heterocycles. The molecular formula is C18H17ClN2O4. The predicted octanol–water partition coefficient (Wildman–Crippen LogP) is 2.39. The van der Waals surface area contributed by atoms with E-state index in [1.807, 2.05) is 24.3 Å². The smallest absolute Gasteiger partial charge is 0.265 e. The fourth-order valence-electron chi connectivity index (χ4n) is 2.53. The molecule has 1 N–H and O–H groups in total. The van der Waals surface area contributed by atoms with Crippen LogP contribution in [0.1, 0.15) is 5.56 Å². The molecule has 0 saturated heterocycles. The van der Waals surface area contributed by atoms with Crippen LogP contribution in [0, 0.1) is 0 Å². The van der Waals surface area contributed by atoms with Crippen LogP contribution < -0.4 is 19.7 Å². The maximum atomic E-state index is 12.3. The summed E-state index contributed by atoms with van der Waals surface area (Å²) in [4.78, 5) is 25.8. The van der Waals surface area contributed by atoms with Gasteiger partial charge < -0.3 is 14.8 Å². The number of nitrogens with one attached hydrogen (secondary N) is 1. The van der Waals surface area contributed by atoms with Crippen molar-refractivity contribution in [3.63, 3.8) is 0 Å². The Labute approximate surface area is 150 Å². The zero-order valence-corrected chi connectivity index (χ0v) is 14.4. The molecule has 1 heterocycles. The third-order valence-electron chi connectivity index (χ3n) is 3.79. The van der Waals surface area contributed by atoms with Crippen molar-refractivity contribution >= 4 is 29.1 Å². The zero-order chi connectivity index (χ0) is 17.8. The van der Waals surface area contributed by atoms with E-state index in [0.29, 0.717) is 23.0 Å². The summed E-state index contributed by atoms with van der Waals surface area (Å²) in [6, 6.07) is 12.4. The molecule has 0 radical (unpaired) electrons. The first-order valence-electron chi connectivity index (χ1n) is 7.69. The average Bonchev–Trinajstić information content (AvgIpc) is 2.62. The van der Waals surface area contributed by atoms with Gasteiger partial charge in [-0.05, 0) is 35.9 Å². The third kappa shape index (κ3) is 4.03. The summed E-state index contributed by atoms with van der Waals surface area (Å²) in [6.07, 6.45) is 0. The highest BCUT2D eigenvalue weighted by Crippen LogP contribution is 2.34. The molecule has 1 aliphatic heterocycles. The van der Waals surface area contributed by atoms with Gasteiger partial charge in [-0.1, -0.05) is 23.7 Å². The Hall–Kier alpha value is -2.73. The van der Waals surface area contributed by atoms with E-state index >= 15 is 0 Å². The number of benzene rings is 2. The van der Waals surface area contributed by atoms with Crippen molar-refractivity contribution in [3.05, 3.63) is 53.1 Å². The van der Waals surface area contributed by atoms with Crippen molar-refractivity contribution in [1.82, 2.24) is 5.32 Å². The summed E-state index contributed by atoms with van der Waals surface area (Å²) in [7, 11) is 1.59. The number of amides is 2. The number of hydrogen-bond acceptors (Lipinski definition) is 4. The number of hydrogen-bond donors (Lipinski definition) is 1. The number of anilines is 1. The molecule has 0 atom stereocenters. The fourth-order valence-corrected chi connectivity index (χ4v) is 2.70. The van der Waals surface area contributed by atoms with Crippen LogP contribution in [0.4, 0.5) is 5.69 Å². The number of halogens is 1. The lowest BCUT2D eigenvalue weighted by molar-refractivity contribution is -0.125. The lowest BCUT2D eigenvalue weighted by Gasteiger charge is -2.29. The third-order valence-corrected chi connectivity index (χ3v) is 4.02. The van der Waals surface area contributed by atoms with Gasteiger partial charge in [0.1, 0.15) is 18.0 Å². The van der Waals surface area contributed by atoms with E-state index in [1.165, 1.54) is 4.90 Å². The van der Waals surface area contributed by atoms with Gasteiger partial charge in [0.05, 0.1) is 12.8 Å². The first kappa shape index (κ1) is 17.1. The van der Waals surface area contributed by atoms with Gasteiger partial charge in [-0.3, -0.25) is 14.5 Å². The maximum Gasteiger partial charge on any atom is 0.265 e. The maximum absolute atomic E-state index is 12.3. The molecule has 0 bridgehead atoms. The molecule has 0 aliphatic carbocycles. The van der Waals surface area contributed by atoms with E-state index in [4.69, 9.17) is 21.1 Å². The Balaban J connectivity index is 1.66. The first-order chi connectivity index (χ1) is 12.1. The Morgan fingerprint density at radius 1 is 1.32 bits per heavy atom. The van der Waals surface area contributed by atoms with E-state index in [2.05, 4.69) is 5.32 Å². The summed E-state index contributed by atoms with van der Waals surface area (Å²) >= 11 is 5.99. The fraction of sp³-hybridized carbons (Fsp3) is 0.222. The summed E-state index contributed by atoms with van der Waals surface area (Å²) in [5.74, 6) is 0.693. The van der Waals surface area contributed by atoms with Gasteiger partial charge in [-0.15, -0.1) is 0 Å². The molecule has 2 amide bonds. The van der Waals surface area contributed by atoms with Crippen molar-refractivity contribution in [2.24, 2.45) is 0 Å². The Kier molecular flexibility index (Phi) is 5.09. The van der Waals surface area contributed by atoms with Gasteiger partial charge in [-0.2, -0.15) is 0 Å². The van der Waals surface area contributed by atoms with Crippen LogP contribution in [0.15, 0.2) is 42.5 Å². The standard InChI is InChI=1S/C18H17ClN2O4/c1-24-14-4-2-3-12(7-14)9-20-17(22)10-21-15-8-13(19)5-6-16(15)25-11-18(21)23/h2-8H,9-11H2,1H3,(H,20,22). The number of fused-ring (bicyclic) bond motifs is 1. The van der Waals surface area contributed by atoms with Crippen molar-refractivity contribution in [1.29, 1.82) is 0 Å². The second-order valence-electron chi connectivity index (χ2n) is 5.51. The molecule has 2 aromatic rings. The average molecular weight is 361 g/mol. The van der Waals surface area contributed by atoms with Gasteiger partial charge in [0.25, 0.3) is 5.91 Å². The minimum Gasteiger partial charge on any atom is -0.497 e. The monoisotopic (exact) mass is 360 g/mol. The molecule has 0 fully saturated rings. The molecule has 7 heteroatoms. The minimum atomic E-state index is -0.286. The number of carbonyl (C=O) groups is 2. The van der Waals surface area contributed by atoms with Crippen molar-refractivity contribution in [2.45, 2.75) is 6.54 Å². The highest BCUT2D eigenvalue weighted by molar-refractivity contribution is 6.31. The molecule has 6 nitrogen and oxygen atoms in total. The van der Waals surface area contributed by atoms with Gasteiger partial charge in [0.15, 0.2) is 6.61 Å². The van der Waals surface area contributed by atoms with Crippen LogP contribution in [0.25, 0.3) is 0 Å². The topological polar surface area (TPSA) is 67.9 Å². The predicted molar refractivity (Wildman–Crippen MR) is 94.1 cm³/mol. The molecule has 130 valence electrons. The van der Waals surface area contributed by atoms with E-state index < -0.39 is 0 Å². The van der Waals surface area contributed by atoms with Crippen LogP contribution in [0.5, 0.6) is 11.5 Å². The lowest BCUT2D eigenvalue weighted by atomic mass is 10.2. The molecule has 0 spiro atoms. The minimum absolute atomic E-state index is 0.0977. The molecule has 3 rings (SSSR count). The molecular weight excluding hydrogens is 344 g/mol. The summed E-state index contributed by atoms with van der Waals surface area (Å²) in [6.45, 7) is 0.147. The Morgan fingerprint density at radius 3 is 2.96 bits per heavy atom. The van der Waals surface area contributed by atoms with Crippen LogP contribution in [-0.2, 0) is 16.1 Å². The zero-order valence-electron chi connectivity index (χ0n) is 13.6. The van der Waals surface area contributed by atoms with Crippen LogP contribution in [0.3, 0.4) is 0 Å². The highest BCUT2D eigenvalue weighted by Gasteiger charge is 2.27. The van der Waals surface area contributed by atoms with Crippen molar-refractivity contribution < 1.29 is 19.1 Å². The second-order valence-corrected chi connectivity index (χ2v) is 5.95. The van der Waals surface area contributed by atoms with E-state index in [0.717, 1.165) is 11.3 Å². The molecule has 0 unspecified atom stereocenters. The molecule has 0 saturated carbocycles. The molecule has 2 aromatic carbocycles. The van der Waals surface area contributed by atoms with Gasteiger partial charge in [-0.25, -0.2) is 0 Å². The lowest BCUT2D eigenvalue weighted by Crippen LogP contribution is -2.45. The van der Waals surface area contributed by atoms with Crippen LogP contribution in [-0.4, -0.2) is 32.1 Å². The van der Waals surface area contributed by atoms with E-state index in [-0.39, 0.29) is 25.0 Å². The Bertz CT molecular complexity index is 809. The normalized spacial score (nSPS) is 13.0. The Morgan fingerprint density at radius 2 is 2.16 bits per heavy atom. The number of methoxy groups -OCH3 is 1. The van der Waals surface area contributed by atoms with Crippen molar-refractivity contribution in [3.8, 4) is 11.5 Å². The van der Waals surface area contributed by atoms with Crippen molar-refractivity contribution in [2.75, 3.05) is 25.2 Å². The van der Waals surface area contributed by atoms with Gasteiger partial charge >= 0.3 is 0 Å². The molecule has 1 aliphatic rings. The van der Waals surface area contributed by atoms with Gasteiger partial charge in [0.2, 0.25) is 5.91 Å². The summed E-state index contributed by atoms with van der Waals surface area (Å²) < 4.78 is 10.5. The summed E-state index contributed by atoms with van der Waals surface area (Å²) in [5, 5.41) is 3.27.